The minimum absolute atomic E-state index is 0.00498. The van der Waals surface area contributed by atoms with Gasteiger partial charge in [0.2, 0.25) is 17.9 Å². The van der Waals surface area contributed by atoms with Crippen LogP contribution in [0.4, 0.5) is 0 Å². The van der Waals surface area contributed by atoms with Crippen molar-refractivity contribution in [3.05, 3.63) is 110 Å². The topological polar surface area (TPSA) is 583 Å². The third-order valence-corrected chi connectivity index (χ3v) is 14.5. The first-order valence-electron chi connectivity index (χ1n) is 35.3. The van der Waals surface area contributed by atoms with E-state index in [1.807, 2.05) is 0 Å². The van der Waals surface area contributed by atoms with Gasteiger partial charge in [-0.3, -0.25) is 24.0 Å². The van der Waals surface area contributed by atoms with Gasteiger partial charge in [0.15, 0.2) is 31.5 Å². The molecule has 2 amide bonds. The van der Waals surface area contributed by atoms with Gasteiger partial charge in [0.1, 0.15) is 23.6 Å². The van der Waals surface area contributed by atoms with Crippen LogP contribution in [0.3, 0.4) is 0 Å². The van der Waals surface area contributed by atoms with Crippen LogP contribution < -0.4 is 20.1 Å². The van der Waals surface area contributed by atoms with Crippen molar-refractivity contribution in [2.45, 2.75) is 219 Å². The van der Waals surface area contributed by atoms with Gasteiger partial charge in [0, 0.05) is 38.5 Å². The van der Waals surface area contributed by atoms with Crippen molar-refractivity contribution >= 4 is 71.5 Å². The molecule has 0 bridgehead atoms. The number of hydrogen-bond acceptors (Lipinski definition) is 37. The molecule has 2 aromatic rings. The van der Waals surface area contributed by atoms with Crippen LogP contribution in [0.5, 0.6) is 11.5 Å². The van der Waals surface area contributed by atoms with E-state index in [0.29, 0.717) is 108 Å². The van der Waals surface area contributed by atoms with Crippen LogP contribution in [0.2, 0.25) is 0 Å². The zero-order valence-electron chi connectivity index (χ0n) is 62.1. The van der Waals surface area contributed by atoms with Crippen LogP contribution in [-0.2, 0) is 132 Å². The van der Waals surface area contributed by atoms with Gasteiger partial charge >= 0.3 is 59.7 Å². The van der Waals surface area contributed by atoms with E-state index < -0.39 is 141 Å². The summed E-state index contributed by atoms with van der Waals surface area (Å²) < 4.78 is 50.8. The predicted molar refractivity (Wildman–Crippen MR) is 369 cm³/mol. The van der Waals surface area contributed by atoms with Crippen LogP contribution in [0, 0.1) is 50.6 Å². The van der Waals surface area contributed by atoms with E-state index in [1.54, 1.807) is 0 Å². The monoisotopic (exact) mass is 1590 g/mol. The van der Waals surface area contributed by atoms with Gasteiger partial charge in [-0.1, -0.05) is 56.9 Å². The molecule has 0 heterocycles. The Balaban J connectivity index is 0.00000111. The fourth-order valence-electron chi connectivity index (χ4n) is 8.82. The lowest BCUT2D eigenvalue weighted by Crippen LogP contribution is -2.45. The molecule has 0 aliphatic carbocycles. The minimum atomic E-state index is -1.58. The fraction of sp³-hybridized carbons (Fsp3) is 0.642. The molecule has 0 spiro atoms. The molecule has 6 unspecified atom stereocenters. The van der Waals surface area contributed by atoms with Crippen LogP contribution in [0.15, 0.2) is 48.5 Å². The van der Waals surface area contributed by atoms with Crippen LogP contribution in [-0.4, -0.2) is 193 Å². The number of unbranched alkanes of at least 4 members (excludes halogenated alkanes) is 11. The summed E-state index contributed by atoms with van der Waals surface area (Å²) in [6.07, 6.45) is 3.06. The molecule has 2 aromatic carbocycles. The van der Waals surface area contributed by atoms with Gasteiger partial charge in [0.05, 0.1) is 46.2 Å². The molecule has 44 heteroatoms. The number of ether oxygens (including phenoxy) is 10. The SMILES string of the molecule is CC(OC(=O)CO[N+](=O)[O-])C(=O)Oc1ccc(CC(NC(=O)CCCCCO[N+](=O)[O-])C(=O)OCC(=O)OCCCCCC(=O)OCCCCO[N+](=O)[O-])cc1.CCCCCOC(=O)CCCCCOC(=O)C(C)OC(=O)C(Cc1ccc(OC(=O)C(C)OC(=O)C(C)O[N+](=O)[O-])cc1)NC(=O)CCCCCO[N+](=O)[O-]. The summed E-state index contributed by atoms with van der Waals surface area (Å²) in [6.45, 7) is 5.16. The molecule has 620 valence electrons. The Labute approximate surface area is 634 Å². The largest absolute Gasteiger partial charge is 0.466 e. The first kappa shape index (κ1) is 97.1. The standard InChI is InChI=1S/C35H51N3O17.C32H44N4O20/c1-5-6-11-20-49-31(40)15-10-8-12-21-50-32(41)24(2)53-35(44)29(36-30(39)14-9-7-13-22-51-37(45)46)23-27-16-18-28(19-17-27)54-33(42)25(3)52-34(43)26(4)55-38(47)48;1-23(55-30(40)22-54-36(47)48)31(41)56-25-14-12-24(13-15-25)20-26(33-27(37)10-4-2-7-18-52-34(43)44)32(42)51-21-29(39)50-16-6-3-5-11-28(38)49-17-8-9-19-53-35(45)46/h16-19,24-26,29H,5-15,20-23H2,1-4H3,(H,36,39);12-15,23,26H,2-11,16-22H2,1H3,(H,33,37). The van der Waals surface area contributed by atoms with Crippen molar-refractivity contribution in [1.82, 2.24) is 10.6 Å². The summed E-state index contributed by atoms with van der Waals surface area (Å²) in [6, 6.07) is 8.76. The second kappa shape index (κ2) is 58.1. The number of nitrogens with zero attached hydrogens (tertiary/aromatic N) is 5. The highest BCUT2D eigenvalue weighted by atomic mass is 17.0. The Morgan fingerprint density at radius 1 is 0.333 bits per heavy atom. The van der Waals surface area contributed by atoms with E-state index in [1.165, 1.54) is 69.3 Å². The molecule has 0 fully saturated rings. The molecule has 111 heavy (non-hydrogen) atoms. The first-order valence-corrected chi connectivity index (χ1v) is 35.3. The molecular formula is C67H95N7O37. The highest BCUT2D eigenvalue weighted by Crippen LogP contribution is 2.19. The van der Waals surface area contributed by atoms with Gasteiger partial charge in [-0.15, -0.1) is 50.6 Å². The number of amides is 2. The molecule has 0 aliphatic rings. The lowest BCUT2D eigenvalue weighted by Gasteiger charge is -2.20. The van der Waals surface area contributed by atoms with E-state index in [-0.39, 0.29) is 95.6 Å². The van der Waals surface area contributed by atoms with Crippen molar-refractivity contribution in [2.75, 3.05) is 59.5 Å². The molecule has 6 atom stereocenters. The van der Waals surface area contributed by atoms with E-state index in [0.717, 1.165) is 26.2 Å². The maximum atomic E-state index is 13.2. The highest BCUT2D eigenvalue weighted by Gasteiger charge is 2.30. The molecular weight excluding hydrogens is 1490 g/mol. The van der Waals surface area contributed by atoms with Crippen LogP contribution >= 0.6 is 0 Å². The molecule has 0 aromatic heterocycles. The summed E-state index contributed by atoms with van der Waals surface area (Å²) in [5.41, 5.74) is 0.929. The maximum absolute atomic E-state index is 13.2. The number of hydrogen-bond donors (Lipinski definition) is 2. The lowest BCUT2D eigenvalue weighted by atomic mass is 10.0. The van der Waals surface area contributed by atoms with Gasteiger partial charge < -0.3 is 77.4 Å². The summed E-state index contributed by atoms with van der Waals surface area (Å²) in [7, 11) is 0. The van der Waals surface area contributed by atoms with Crippen molar-refractivity contribution in [3.8, 4) is 11.5 Å². The Kier molecular flexibility index (Phi) is 50.9. The van der Waals surface area contributed by atoms with Gasteiger partial charge in [-0.05, 0) is 147 Å². The van der Waals surface area contributed by atoms with Crippen molar-refractivity contribution in [3.63, 3.8) is 0 Å². The van der Waals surface area contributed by atoms with E-state index in [2.05, 4.69) is 41.7 Å². The molecule has 2 N–H and O–H groups in total. The maximum Gasteiger partial charge on any atom is 0.352 e. The summed E-state index contributed by atoms with van der Waals surface area (Å²) in [5, 5.41) is 51.3. The number of benzene rings is 2. The highest BCUT2D eigenvalue weighted by molar-refractivity contribution is 5.88. The number of carbonyl (C=O) groups excluding carboxylic acids is 12. The van der Waals surface area contributed by atoms with E-state index in [9.17, 15) is 108 Å². The Morgan fingerprint density at radius 3 is 1.13 bits per heavy atom. The van der Waals surface area contributed by atoms with Crippen LogP contribution in [0.25, 0.3) is 0 Å². The predicted octanol–water partition coefficient (Wildman–Crippen LogP) is 5.39. The molecule has 0 saturated carbocycles. The normalized spacial score (nSPS) is 12.1. The zero-order chi connectivity index (χ0) is 82.9. The van der Waals surface area contributed by atoms with Gasteiger partial charge in [-0.2, -0.15) is 0 Å². The number of carbonyl (C=O) groups is 12. The quantitative estimate of drug-likeness (QED) is 0.0209. The average Bonchev–Trinajstić information content (AvgIpc) is 0.871. The first-order chi connectivity index (χ1) is 52.8. The third-order valence-electron chi connectivity index (χ3n) is 14.5. The second-order valence-electron chi connectivity index (χ2n) is 23.8. The van der Waals surface area contributed by atoms with Crippen molar-refractivity contribution in [2.24, 2.45) is 0 Å². The average molecular weight is 1590 g/mol. The van der Waals surface area contributed by atoms with E-state index in [4.69, 9.17) is 47.4 Å². The minimum Gasteiger partial charge on any atom is -0.466 e. The van der Waals surface area contributed by atoms with E-state index >= 15 is 0 Å². The van der Waals surface area contributed by atoms with Crippen molar-refractivity contribution < 1.29 is 155 Å². The summed E-state index contributed by atoms with van der Waals surface area (Å²) >= 11 is 0. The number of nitrogens with one attached hydrogen (secondary N) is 2. The number of esters is 10. The molecule has 2 rings (SSSR count). The summed E-state index contributed by atoms with van der Waals surface area (Å²) in [5.74, 6) is -9.68. The Hall–Kier alpha value is -11.9. The molecule has 0 aliphatic heterocycles. The zero-order valence-corrected chi connectivity index (χ0v) is 62.1. The molecule has 0 radical (unpaired) electrons. The van der Waals surface area contributed by atoms with Gasteiger partial charge in [-0.25, -0.2) is 38.4 Å². The van der Waals surface area contributed by atoms with Crippen molar-refractivity contribution in [1.29, 1.82) is 0 Å². The third kappa shape index (κ3) is 51.1. The fourth-order valence-corrected chi connectivity index (χ4v) is 8.82. The molecule has 44 nitrogen and oxygen atoms in total. The number of rotatable bonds is 60. The Bertz CT molecular complexity index is 3290. The molecule has 0 saturated heterocycles. The smallest absolute Gasteiger partial charge is 0.352 e. The summed E-state index contributed by atoms with van der Waals surface area (Å²) in [4.78, 5) is 220. The lowest BCUT2D eigenvalue weighted by molar-refractivity contribution is -0.764. The van der Waals surface area contributed by atoms with Gasteiger partial charge in [0.25, 0.3) is 25.4 Å². The second-order valence-corrected chi connectivity index (χ2v) is 23.8. The van der Waals surface area contributed by atoms with Crippen LogP contribution in [0.1, 0.15) is 181 Å². The Morgan fingerprint density at radius 2 is 0.694 bits per heavy atom.